The molecule has 138 valence electrons. The number of nitrogens with one attached hydrogen (secondary N) is 1. The molecule has 1 saturated heterocycles. The van der Waals surface area contributed by atoms with E-state index >= 15 is 0 Å². The molecule has 1 fully saturated rings. The van der Waals surface area contributed by atoms with E-state index in [-0.39, 0.29) is 11.9 Å². The van der Waals surface area contributed by atoms with Gasteiger partial charge in [-0.2, -0.15) is 0 Å². The van der Waals surface area contributed by atoms with Crippen molar-refractivity contribution in [3.05, 3.63) is 23.9 Å². The summed E-state index contributed by atoms with van der Waals surface area (Å²) in [7, 11) is 0. The third-order valence-corrected chi connectivity index (χ3v) is 4.18. The van der Waals surface area contributed by atoms with Gasteiger partial charge in [-0.3, -0.25) is 9.69 Å². The van der Waals surface area contributed by atoms with Gasteiger partial charge in [-0.1, -0.05) is 13.3 Å². The summed E-state index contributed by atoms with van der Waals surface area (Å²) in [6, 6.07) is 3.59. The maximum atomic E-state index is 11.9. The Morgan fingerprint density at radius 1 is 1.20 bits per heavy atom. The molecule has 25 heavy (non-hydrogen) atoms. The van der Waals surface area contributed by atoms with E-state index in [9.17, 15) is 9.59 Å². The van der Waals surface area contributed by atoms with Crippen LogP contribution in [0.2, 0.25) is 0 Å². The van der Waals surface area contributed by atoms with Gasteiger partial charge in [0.15, 0.2) is 0 Å². The fourth-order valence-electron chi connectivity index (χ4n) is 2.71. The number of aromatic nitrogens is 1. The van der Waals surface area contributed by atoms with E-state index in [0.717, 1.165) is 51.4 Å². The normalized spacial score (nSPS) is 15.0. The second-order valence-corrected chi connectivity index (χ2v) is 6.09. The Morgan fingerprint density at radius 2 is 1.96 bits per heavy atom. The number of hydrogen-bond donors (Lipinski definition) is 1. The Balaban J connectivity index is 1.78. The quantitative estimate of drug-likeness (QED) is 0.564. The summed E-state index contributed by atoms with van der Waals surface area (Å²) in [5, 5.41) is 2.95. The van der Waals surface area contributed by atoms with Crippen LogP contribution in [0.1, 0.15) is 37.0 Å². The summed E-state index contributed by atoms with van der Waals surface area (Å²) in [5.74, 6) is 0.597. The van der Waals surface area contributed by atoms with Crippen molar-refractivity contribution in [2.75, 3.05) is 50.8 Å². The Bertz CT molecular complexity index is 554. The van der Waals surface area contributed by atoms with Crippen molar-refractivity contribution in [2.24, 2.45) is 0 Å². The van der Waals surface area contributed by atoms with Crippen molar-refractivity contribution in [1.29, 1.82) is 0 Å². The molecule has 1 aliphatic heterocycles. The molecular formula is C18H28N4O3. The molecule has 7 nitrogen and oxygen atoms in total. The summed E-state index contributed by atoms with van der Waals surface area (Å²) >= 11 is 0. The van der Waals surface area contributed by atoms with Gasteiger partial charge in [-0.05, 0) is 25.5 Å². The molecule has 2 heterocycles. The van der Waals surface area contributed by atoms with E-state index in [0.29, 0.717) is 18.7 Å². The van der Waals surface area contributed by atoms with Crippen LogP contribution in [0.15, 0.2) is 18.3 Å². The van der Waals surface area contributed by atoms with Crippen molar-refractivity contribution in [3.8, 4) is 0 Å². The zero-order valence-electron chi connectivity index (χ0n) is 15.2. The number of carbonyl (C=O) groups excluding carboxylic acids is 2. The van der Waals surface area contributed by atoms with Gasteiger partial charge in [0.1, 0.15) is 5.82 Å². The van der Waals surface area contributed by atoms with Crippen LogP contribution in [0.4, 0.5) is 5.82 Å². The molecule has 0 aromatic carbocycles. The van der Waals surface area contributed by atoms with Crippen LogP contribution in [0.25, 0.3) is 0 Å². The number of rotatable bonds is 8. The number of ether oxygens (including phenoxy) is 1. The van der Waals surface area contributed by atoms with Crippen LogP contribution in [0, 0.1) is 0 Å². The number of unbranched alkanes of at least 4 members (excludes halogenated alkanes) is 1. The highest BCUT2D eigenvalue weighted by Gasteiger charge is 2.20. The number of piperazine rings is 1. The fourth-order valence-corrected chi connectivity index (χ4v) is 2.71. The van der Waals surface area contributed by atoms with Gasteiger partial charge in [-0.25, -0.2) is 9.78 Å². The summed E-state index contributed by atoms with van der Waals surface area (Å²) in [5.41, 5.74) is 0.466. The molecule has 1 aromatic rings. The lowest BCUT2D eigenvalue weighted by Gasteiger charge is -2.35. The summed E-state index contributed by atoms with van der Waals surface area (Å²) in [6.45, 7) is 8.72. The Kier molecular flexibility index (Phi) is 7.66. The van der Waals surface area contributed by atoms with Gasteiger partial charge in [0, 0.05) is 38.9 Å². The number of hydrogen-bond acceptors (Lipinski definition) is 6. The average Bonchev–Trinajstić information content (AvgIpc) is 2.63. The van der Waals surface area contributed by atoms with E-state index in [4.69, 9.17) is 4.74 Å². The SMILES string of the molecule is CCCCNC(=O)CN1CCN(c2ccc(C(=O)OCC)cn2)CC1. The first kappa shape index (κ1) is 19.2. The predicted octanol–water partition coefficient (Wildman–Crippen LogP) is 1.30. The summed E-state index contributed by atoms with van der Waals surface area (Å²) < 4.78 is 4.96. The molecule has 0 spiro atoms. The minimum absolute atomic E-state index is 0.0961. The van der Waals surface area contributed by atoms with Gasteiger partial charge in [-0.15, -0.1) is 0 Å². The number of amides is 1. The van der Waals surface area contributed by atoms with Crippen molar-refractivity contribution < 1.29 is 14.3 Å². The highest BCUT2D eigenvalue weighted by Crippen LogP contribution is 2.14. The first-order chi connectivity index (χ1) is 12.1. The lowest BCUT2D eigenvalue weighted by molar-refractivity contribution is -0.122. The van der Waals surface area contributed by atoms with E-state index < -0.39 is 0 Å². The molecule has 1 aromatic heterocycles. The van der Waals surface area contributed by atoms with Crippen molar-refractivity contribution in [3.63, 3.8) is 0 Å². The average molecular weight is 348 g/mol. The third kappa shape index (κ3) is 6.01. The molecule has 1 aliphatic rings. The van der Waals surface area contributed by atoms with Crippen LogP contribution < -0.4 is 10.2 Å². The van der Waals surface area contributed by atoms with Gasteiger partial charge in [0.05, 0.1) is 18.7 Å². The number of anilines is 1. The van der Waals surface area contributed by atoms with E-state index in [2.05, 4.69) is 27.0 Å². The number of pyridine rings is 1. The molecule has 7 heteroatoms. The van der Waals surface area contributed by atoms with Crippen LogP contribution >= 0.6 is 0 Å². The van der Waals surface area contributed by atoms with Gasteiger partial charge in [0.2, 0.25) is 5.91 Å². The molecule has 0 unspecified atom stereocenters. The Morgan fingerprint density at radius 3 is 2.56 bits per heavy atom. The minimum Gasteiger partial charge on any atom is -0.462 e. The third-order valence-electron chi connectivity index (χ3n) is 4.18. The van der Waals surface area contributed by atoms with Crippen LogP contribution in [0.3, 0.4) is 0 Å². The minimum atomic E-state index is -0.347. The topological polar surface area (TPSA) is 74.8 Å². The van der Waals surface area contributed by atoms with E-state index in [1.54, 1.807) is 19.2 Å². The van der Waals surface area contributed by atoms with Crippen LogP contribution in [0.5, 0.6) is 0 Å². The van der Waals surface area contributed by atoms with Gasteiger partial charge in [0.25, 0.3) is 0 Å². The molecule has 1 N–H and O–H groups in total. The highest BCUT2D eigenvalue weighted by atomic mass is 16.5. The molecule has 0 atom stereocenters. The molecular weight excluding hydrogens is 320 g/mol. The molecule has 0 aliphatic carbocycles. The summed E-state index contributed by atoms with van der Waals surface area (Å²) in [6.07, 6.45) is 3.66. The Labute approximate surface area is 149 Å². The second kappa shape index (κ2) is 9.98. The number of carbonyl (C=O) groups is 2. The smallest absolute Gasteiger partial charge is 0.339 e. The summed E-state index contributed by atoms with van der Waals surface area (Å²) in [4.78, 5) is 32.2. The zero-order valence-corrected chi connectivity index (χ0v) is 15.2. The monoisotopic (exact) mass is 348 g/mol. The Hall–Kier alpha value is -2.15. The zero-order chi connectivity index (χ0) is 18.1. The predicted molar refractivity (Wildman–Crippen MR) is 96.8 cm³/mol. The van der Waals surface area contributed by atoms with Crippen molar-refractivity contribution in [1.82, 2.24) is 15.2 Å². The number of esters is 1. The van der Waals surface area contributed by atoms with Crippen LogP contribution in [-0.4, -0.2) is 67.6 Å². The molecule has 0 bridgehead atoms. The number of nitrogens with zero attached hydrogens (tertiary/aromatic N) is 3. The van der Waals surface area contributed by atoms with Gasteiger partial charge < -0.3 is 15.0 Å². The fraction of sp³-hybridized carbons (Fsp3) is 0.611. The molecule has 2 rings (SSSR count). The molecule has 0 radical (unpaired) electrons. The van der Waals surface area contributed by atoms with Gasteiger partial charge >= 0.3 is 5.97 Å². The largest absolute Gasteiger partial charge is 0.462 e. The maximum absolute atomic E-state index is 11.9. The lowest BCUT2D eigenvalue weighted by Crippen LogP contribution is -2.49. The first-order valence-corrected chi connectivity index (χ1v) is 9.01. The van der Waals surface area contributed by atoms with E-state index in [1.165, 1.54) is 0 Å². The highest BCUT2D eigenvalue weighted by molar-refractivity contribution is 5.89. The van der Waals surface area contributed by atoms with Crippen LogP contribution in [-0.2, 0) is 9.53 Å². The first-order valence-electron chi connectivity index (χ1n) is 9.01. The lowest BCUT2D eigenvalue weighted by atomic mass is 10.2. The second-order valence-electron chi connectivity index (χ2n) is 6.09. The van der Waals surface area contributed by atoms with Crippen molar-refractivity contribution >= 4 is 17.7 Å². The standard InChI is InChI=1S/C18H28N4O3/c1-3-5-8-19-17(23)14-21-9-11-22(12-10-21)16-7-6-15(13-20-16)18(24)25-4-2/h6-7,13H,3-5,8-12,14H2,1-2H3,(H,19,23). The van der Waals surface area contributed by atoms with Crippen molar-refractivity contribution in [2.45, 2.75) is 26.7 Å². The molecule has 0 saturated carbocycles. The maximum Gasteiger partial charge on any atom is 0.339 e. The molecule has 1 amide bonds. The van der Waals surface area contributed by atoms with E-state index in [1.807, 2.05) is 6.07 Å².